The molecule has 0 aliphatic heterocycles. The maximum absolute atomic E-state index is 5.85. The Morgan fingerprint density at radius 1 is 1.44 bits per heavy atom. The van der Waals surface area contributed by atoms with Crippen LogP contribution in [0.25, 0.3) is 0 Å². The summed E-state index contributed by atoms with van der Waals surface area (Å²) in [5, 5.41) is 4.42. The summed E-state index contributed by atoms with van der Waals surface area (Å²) in [7, 11) is 0. The van der Waals surface area contributed by atoms with E-state index in [1.54, 1.807) is 0 Å². The first-order chi connectivity index (χ1) is 8.71. The van der Waals surface area contributed by atoms with E-state index in [1.807, 2.05) is 6.20 Å². The molecule has 0 radical (unpaired) electrons. The molecule has 3 N–H and O–H groups in total. The van der Waals surface area contributed by atoms with Crippen molar-refractivity contribution in [2.75, 3.05) is 0 Å². The van der Waals surface area contributed by atoms with E-state index in [1.165, 1.54) is 37.8 Å². The molecule has 1 aromatic heterocycles. The van der Waals surface area contributed by atoms with E-state index in [2.05, 4.69) is 35.1 Å². The molecular weight excluding hydrogens is 224 g/mol. The molecule has 4 nitrogen and oxygen atoms in total. The number of nitrogens with zero attached hydrogens (tertiary/aromatic N) is 2. The van der Waals surface area contributed by atoms with Gasteiger partial charge in [-0.15, -0.1) is 0 Å². The average Bonchev–Trinajstić information content (AvgIpc) is 2.79. The second-order valence-electron chi connectivity index (χ2n) is 5.79. The number of nitrogens with two attached hydrogens (primary N) is 1. The molecule has 102 valence electrons. The van der Waals surface area contributed by atoms with Crippen molar-refractivity contribution in [1.82, 2.24) is 15.2 Å². The highest BCUT2D eigenvalue weighted by Crippen LogP contribution is 2.45. The van der Waals surface area contributed by atoms with E-state index in [0.717, 1.165) is 13.0 Å². The lowest BCUT2D eigenvalue weighted by atomic mass is 9.70. The predicted octanol–water partition coefficient (Wildman–Crippen LogP) is 2.77. The average molecular weight is 250 g/mol. The van der Waals surface area contributed by atoms with Crippen LogP contribution in [0.4, 0.5) is 0 Å². The van der Waals surface area contributed by atoms with Crippen LogP contribution in [0.5, 0.6) is 0 Å². The number of hydrazine groups is 1. The summed E-state index contributed by atoms with van der Waals surface area (Å²) in [6.07, 6.45) is 9.48. The van der Waals surface area contributed by atoms with Crippen LogP contribution in [0.1, 0.15) is 64.1 Å². The van der Waals surface area contributed by atoms with Gasteiger partial charge in [0.2, 0.25) is 0 Å². The van der Waals surface area contributed by atoms with Crippen LogP contribution in [-0.2, 0) is 6.54 Å². The normalized spacial score (nSPS) is 20.8. The first-order valence-electron chi connectivity index (χ1n) is 7.19. The lowest BCUT2D eigenvalue weighted by Gasteiger charge is -2.40. The highest BCUT2D eigenvalue weighted by molar-refractivity contribution is 5.11. The Morgan fingerprint density at radius 2 is 2.17 bits per heavy atom. The smallest absolute Gasteiger partial charge is 0.0682 e. The fourth-order valence-corrected chi connectivity index (χ4v) is 3.28. The van der Waals surface area contributed by atoms with Crippen LogP contribution in [0.3, 0.4) is 0 Å². The van der Waals surface area contributed by atoms with Gasteiger partial charge in [-0.05, 0) is 30.7 Å². The second kappa shape index (κ2) is 5.85. The minimum atomic E-state index is 0.215. The van der Waals surface area contributed by atoms with Crippen molar-refractivity contribution in [1.29, 1.82) is 0 Å². The third kappa shape index (κ3) is 2.59. The van der Waals surface area contributed by atoms with Crippen LogP contribution in [0, 0.1) is 5.41 Å². The zero-order valence-corrected chi connectivity index (χ0v) is 11.7. The number of hydrogen-bond donors (Lipinski definition) is 2. The zero-order valence-electron chi connectivity index (χ0n) is 11.7. The maximum atomic E-state index is 5.85. The summed E-state index contributed by atoms with van der Waals surface area (Å²) in [5.41, 5.74) is 4.55. The molecule has 1 heterocycles. The Hall–Kier alpha value is -0.870. The van der Waals surface area contributed by atoms with Crippen molar-refractivity contribution < 1.29 is 0 Å². The van der Waals surface area contributed by atoms with Crippen molar-refractivity contribution >= 4 is 0 Å². The van der Waals surface area contributed by atoms with Gasteiger partial charge in [-0.2, -0.15) is 5.10 Å². The van der Waals surface area contributed by atoms with Crippen molar-refractivity contribution in [3.8, 4) is 0 Å². The van der Waals surface area contributed by atoms with Crippen LogP contribution in [0.15, 0.2) is 12.3 Å². The van der Waals surface area contributed by atoms with E-state index >= 15 is 0 Å². The Bertz CT molecular complexity index is 366. The molecule has 1 fully saturated rings. The van der Waals surface area contributed by atoms with Gasteiger partial charge < -0.3 is 0 Å². The molecule has 1 aliphatic rings. The minimum Gasteiger partial charge on any atom is -0.271 e. The summed E-state index contributed by atoms with van der Waals surface area (Å²) in [5.74, 6) is 5.85. The Labute approximate surface area is 110 Å². The SMILES string of the molecule is CCCn1nccc1C(NN)C1(C)CCCCC1. The van der Waals surface area contributed by atoms with Crippen LogP contribution in [0.2, 0.25) is 0 Å². The Kier molecular flexibility index (Phi) is 4.40. The maximum Gasteiger partial charge on any atom is 0.0682 e. The van der Waals surface area contributed by atoms with Crippen molar-refractivity contribution in [3.63, 3.8) is 0 Å². The number of rotatable bonds is 5. The number of hydrogen-bond acceptors (Lipinski definition) is 3. The quantitative estimate of drug-likeness (QED) is 0.624. The molecule has 1 aliphatic carbocycles. The van der Waals surface area contributed by atoms with E-state index in [9.17, 15) is 0 Å². The van der Waals surface area contributed by atoms with Gasteiger partial charge in [-0.25, -0.2) is 0 Å². The van der Waals surface area contributed by atoms with Gasteiger partial charge in [-0.1, -0.05) is 33.1 Å². The summed E-state index contributed by atoms with van der Waals surface area (Å²) >= 11 is 0. The van der Waals surface area contributed by atoms with Crippen molar-refractivity contribution in [3.05, 3.63) is 18.0 Å². The van der Waals surface area contributed by atoms with Crippen LogP contribution in [-0.4, -0.2) is 9.78 Å². The van der Waals surface area contributed by atoms with E-state index < -0.39 is 0 Å². The monoisotopic (exact) mass is 250 g/mol. The summed E-state index contributed by atoms with van der Waals surface area (Å²) in [6, 6.07) is 2.33. The molecule has 1 atom stereocenters. The van der Waals surface area contributed by atoms with E-state index in [4.69, 9.17) is 5.84 Å². The predicted molar refractivity (Wildman–Crippen MR) is 73.8 cm³/mol. The zero-order chi connectivity index (χ0) is 13.0. The summed E-state index contributed by atoms with van der Waals surface area (Å²) < 4.78 is 2.10. The lowest BCUT2D eigenvalue weighted by molar-refractivity contribution is 0.138. The molecule has 4 heteroatoms. The summed E-state index contributed by atoms with van der Waals surface area (Å²) in [6.45, 7) is 5.51. The lowest BCUT2D eigenvalue weighted by Crippen LogP contribution is -2.42. The largest absolute Gasteiger partial charge is 0.271 e. The van der Waals surface area contributed by atoms with Crippen molar-refractivity contribution in [2.45, 2.75) is 65.0 Å². The van der Waals surface area contributed by atoms with Crippen LogP contribution < -0.4 is 11.3 Å². The van der Waals surface area contributed by atoms with Gasteiger partial charge in [0.1, 0.15) is 0 Å². The molecule has 1 saturated carbocycles. The molecule has 0 saturated heterocycles. The molecule has 0 spiro atoms. The topological polar surface area (TPSA) is 55.9 Å². The molecule has 1 unspecified atom stereocenters. The highest BCUT2D eigenvalue weighted by Gasteiger charge is 2.37. The summed E-state index contributed by atoms with van der Waals surface area (Å²) in [4.78, 5) is 0. The third-order valence-electron chi connectivity index (χ3n) is 4.34. The van der Waals surface area contributed by atoms with Gasteiger partial charge in [0, 0.05) is 12.7 Å². The minimum absolute atomic E-state index is 0.215. The second-order valence-corrected chi connectivity index (χ2v) is 5.79. The molecule has 0 bridgehead atoms. The van der Waals surface area contributed by atoms with Gasteiger partial charge in [-0.3, -0.25) is 16.0 Å². The molecule has 0 amide bonds. The number of nitrogens with one attached hydrogen (secondary N) is 1. The Morgan fingerprint density at radius 3 is 2.78 bits per heavy atom. The molecule has 1 aromatic rings. The Balaban J connectivity index is 2.23. The first-order valence-corrected chi connectivity index (χ1v) is 7.19. The van der Waals surface area contributed by atoms with Gasteiger partial charge >= 0.3 is 0 Å². The van der Waals surface area contributed by atoms with E-state index in [0.29, 0.717) is 0 Å². The highest BCUT2D eigenvalue weighted by atomic mass is 15.3. The molecular formula is C14H26N4. The number of aryl methyl sites for hydroxylation is 1. The fourth-order valence-electron chi connectivity index (χ4n) is 3.28. The van der Waals surface area contributed by atoms with Crippen LogP contribution >= 0.6 is 0 Å². The standard InChI is InChI=1S/C14H26N4/c1-3-11-18-12(7-10-16-18)13(17-15)14(2)8-5-4-6-9-14/h7,10,13,17H,3-6,8-9,11,15H2,1-2H3. The van der Waals surface area contributed by atoms with Gasteiger partial charge in [0.25, 0.3) is 0 Å². The van der Waals surface area contributed by atoms with Crippen molar-refractivity contribution in [2.24, 2.45) is 11.3 Å². The fraction of sp³-hybridized carbons (Fsp3) is 0.786. The molecule has 0 aromatic carbocycles. The third-order valence-corrected chi connectivity index (χ3v) is 4.34. The van der Waals surface area contributed by atoms with Gasteiger partial charge in [0.05, 0.1) is 11.7 Å². The molecule has 18 heavy (non-hydrogen) atoms. The molecule has 2 rings (SSSR count). The van der Waals surface area contributed by atoms with E-state index in [-0.39, 0.29) is 11.5 Å². The first kappa shape index (κ1) is 13.6. The van der Waals surface area contributed by atoms with Gasteiger partial charge in [0.15, 0.2) is 0 Å². The number of aromatic nitrogens is 2.